The topological polar surface area (TPSA) is 93.9 Å². The van der Waals surface area contributed by atoms with Crippen molar-refractivity contribution >= 4 is 22.6 Å². The SMILES string of the molecule is CC[C@@H]1[C@H](F)C(=O)N[C@@H]1COc1ccc(C#CCN(C)C)c2cc(C(N)=O)c(OC)cc12. The molecule has 0 saturated carbocycles. The van der Waals surface area contributed by atoms with Crippen molar-refractivity contribution in [2.45, 2.75) is 25.6 Å². The Morgan fingerprint density at radius 1 is 1.25 bits per heavy atom. The third kappa shape index (κ3) is 4.78. The molecule has 0 radical (unpaired) electrons. The van der Waals surface area contributed by atoms with Crippen molar-refractivity contribution in [2.24, 2.45) is 11.7 Å². The van der Waals surface area contributed by atoms with Gasteiger partial charge in [-0.15, -0.1) is 0 Å². The fraction of sp³-hybridized carbons (Fsp3) is 0.417. The molecule has 3 rings (SSSR count). The number of hydrogen-bond donors (Lipinski definition) is 2. The van der Waals surface area contributed by atoms with E-state index in [0.29, 0.717) is 40.8 Å². The second-order valence-electron chi connectivity index (χ2n) is 8.01. The summed E-state index contributed by atoms with van der Waals surface area (Å²) in [6, 6.07) is 6.48. The number of nitrogens with two attached hydrogens (primary N) is 1. The number of rotatable bonds is 7. The number of carbonyl (C=O) groups is 2. The van der Waals surface area contributed by atoms with Gasteiger partial charge in [-0.05, 0) is 44.8 Å². The van der Waals surface area contributed by atoms with Crippen molar-refractivity contribution in [3.63, 3.8) is 0 Å². The molecule has 1 heterocycles. The van der Waals surface area contributed by atoms with Crippen molar-refractivity contribution < 1.29 is 23.5 Å². The highest BCUT2D eigenvalue weighted by atomic mass is 19.1. The van der Waals surface area contributed by atoms with Gasteiger partial charge < -0.3 is 20.5 Å². The molecule has 0 aliphatic carbocycles. The summed E-state index contributed by atoms with van der Waals surface area (Å²) in [6.07, 6.45) is -1.01. The first kappa shape index (κ1) is 23.4. The molecule has 3 N–H and O–H groups in total. The largest absolute Gasteiger partial charge is 0.496 e. The van der Waals surface area contributed by atoms with Crippen LogP contribution in [-0.2, 0) is 4.79 Å². The van der Waals surface area contributed by atoms with Gasteiger partial charge in [-0.3, -0.25) is 14.5 Å². The van der Waals surface area contributed by atoms with E-state index >= 15 is 0 Å². The number of alkyl halides is 1. The molecule has 0 aromatic heterocycles. The fourth-order valence-electron chi connectivity index (χ4n) is 3.84. The predicted octanol–water partition coefficient (Wildman–Crippen LogP) is 2.10. The smallest absolute Gasteiger partial charge is 0.255 e. The Kier molecular flexibility index (Phi) is 7.21. The summed E-state index contributed by atoms with van der Waals surface area (Å²) in [5.74, 6) is 5.39. The number of halogens is 1. The van der Waals surface area contributed by atoms with Gasteiger partial charge in [0.15, 0.2) is 6.17 Å². The number of nitrogens with one attached hydrogen (secondary N) is 1. The molecule has 1 fully saturated rings. The normalized spacial score (nSPS) is 20.1. The van der Waals surface area contributed by atoms with E-state index in [0.717, 1.165) is 0 Å². The van der Waals surface area contributed by atoms with Crippen LogP contribution < -0.4 is 20.5 Å². The molecule has 1 saturated heterocycles. The minimum atomic E-state index is -1.53. The molecule has 2 amide bonds. The zero-order chi connectivity index (χ0) is 23.4. The van der Waals surface area contributed by atoms with E-state index in [9.17, 15) is 14.0 Å². The summed E-state index contributed by atoms with van der Waals surface area (Å²) in [4.78, 5) is 25.6. The third-order valence-electron chi connectivity index (χ3n) is 5.54. The van der Waals surface area contributed by atoms with Crippen molar-refractivity contribution in [1.29, 1.82) is 0 Å². The first-order valence-corrected chi connectivity index (χ1v) is 10.4. The molecule has 2 aromatic rings. The molecule has 8 heteroatoms. The van der Waals surface area contributed by atoms with E-state index < -0.39 is 29.9 Å². The minimum absolute atomic E-state index is 0.116. The zero-order valence-corrected chi connectivity index (χ0v) is 18.7. The summed E-state index contributed by atoms with van der Waals surface area (Å²) < 4.78 is 25.5. The van der Waals surface area contributed by atoms with Gasteiger partial charge in [-0.25, -0.2) is 4.39 Å². The lowest BCUT2D eigenvalue weighted by Gasteiger charge is -2.20. The number of amides is 2. The summed E-state index contributed by atoms with van der Waals surface area (Å²) in [5, 5.41) is 4.04. The second-order valence-corrected chi connectivity index (χ2v) is 8.01. The number of nitrogens with zero attached hydrogens (tertiary/aromatic N) is 1. The van der Waals surface area contributed by atoms with Gasteiger partial charge in [0.1, 0.15) is 18.1 Å². The summed E-state index contributed by atoms with van der Waals surface area (Å²) in [6.45, 7) is 2.53. The molecule has 1 aliphatic heterocycles. The van der Waals surface area contributed by atoms with E-state index in [4.69, 9.17) is 15.2 Å². The number of carbonyl (C=O) groups excluding carboxylic acids is 2. The van der Waals surface area contributed by atoms with E-state index in [2.05, 4.69) is 17.2 Å². The van der Waals surface area contributed by atoms with Crippen LogP contribution in [0.5, 0.6) is 11.5 Å². The van der Waals surface area contributed by atoms with E-state index in [1.807, 2.05) is 25.9 Å². The summed E-state index contributed by atoms with van der Waals surface area (Å²) >= 11 is 0. The monoisotopic (exact) mass is 441 g/mol. The number of ether oxygens (including phenoxy) is 2. The Labute approximate surface area is 187 Å². The molecular weight excluding hydrogens is 413 g/mol. The first-order chi connectivity index (χ1) is 15.3. The van der Waals surface area contributed by atoms with Gasteiger partial charge in [-0.2, -0.15) is 0 Å². The Morgan fingerprint density at radius 3 is 2.62 bits per heavy atom. The predicted molar refractivity (Wildman–Crippen MR) is 121 cm³/mol. The quantitative estimate of drug-likeness (QED) is 0.642. The van der Waals surface area contributed by atoms with Crippen LogP contribution >= 0.6 is 0 Å². The lowest BCUT2D eigenvalue weighted by molar-refractivity contribution is -0.123. The lowest BCUT2D eigenvalue weighted by Crippen LogP contribution is -2.34. The molecule has 2 aromatic carbocycles. The van der Waals surface area contributed by atoms with Crippen LogP contribution in [0.1, 0.15) is 29.3 Å². The molecule has 170 valence electrons. The Bertz CT molecular complexity index is 1090. The summed E-state index contributed by atoms with van der Waals surface area (Å²) in [5.41, 5.74) is 6.49. The van der Waals surface area contributed by atoms with Crippen molar-refractivity contribution in [3.05, 3.63) is 35.4 Å². The van der Waals surface area contributed by atoms with E-state index in [1.165, 1.54) is 7.11 Å². The van der Waals surface area contributed by atoms with Gasteiger partial charge >= 0.3 is 0 Å². The number of benzene rings is 2. The average molecular weight is 442 g/mol. The van der Waals surface area contributed by atoms with Gasteiger partial charge in [0.2, 0.25) is 0 Å². The maximum absolute atomic E-state index is 14.1. The molecule has 0 bridgehead atoms. The minimum Gasteiger partial charge on any atom is -0.496 e. The van der Waals surface area contributed by atoms with Gasteiger partial charge in [0.25, 0.3) is 11.8 Å². The number of hydrogen-bond acceptors (Lipinski definition) is 5. The molecular formula is C24H28FN3O4. The van der Waals surface area contributed by atoms with Crippen LogP contribution in [0.2, 0.25) is 0 Å². The third-order valence-corrected chi connectivity index (χ3v) is 5.54. The molecule has 1 aliphatic rings. The van der Waals surface area contributed by atoms with Crippen LogP contribution in [0.25, 0.3) is 10.8 Å². The lowest BCUT2D eigenvalue weighted by atomic mass is 9.96. The highest BCUT2D eigenvalue weighted by molar-refractivity contribution is 6.03. The highest BCUT2D eigenvalue weighted by Crippen LogP contribution is 2.35. The number of primary amides is 1. The number of fused-ring (bicyclic) bond motifs is 1. The first-order valence-electron chi connectivity index (χ1n) is 10.4. The van der Waals surface area contributed by atoms with Crippen LogP contribution in [-0.4, -0.2) is 63.3 Å². The molecule has 0 unspecified atom stereocenters. The number of methoxy groups -OCH3 is 1. The van der Waals surface area contributed by atoms with Gasteiger partial charge in [0.05, 0.1) is 25.3 Å². The van der Waals surface area contributed by atoms with Gasteiger partial charge in [-0.1, -0.05) is 18.8 Å². The molecule has 7 nitrogen and oxygen atoms in total. The molecule has 0 spiro atoms. The Balaban J connectivity index is 2.02. The van der Waals surface area contributed by atoms with E-state index in [-0.39, 0.29) is 12.2 Å². The Hall–Kier alpha value is -3.31. The van der Waals surface area contributed by atoms with Crippen molar-refractivity contribution in [2.75, 3.05) is 34.4 Å². The summed E-state index contributed by atoms with van der Waals surface area (Å²) in [7, 11) is 5.30. The van der Waals surface area contributed by atoms with Crippen molar-refractivity contribution in [1.82, 2.24) is 10.2 Å². The maximum atomic E-state index is 14.1. The second kappa shape index (κ2) is 9.88. The fourth-order valence-corrected chi connectivity index (χ4v) is 3.84. The van der Waals surface area contributed by atoms with Crippen molar-refractivity contribution in [3.8, 4) is 23.3 Å². The maximum Gasteiger partial charge on any atom is 0.255 e. The zero-order valence-electron chi connectivity index (χ0n) is 18.7. The van der Waals surface area contributed by atoms with Crippen LogP contribution in [0, 0.1) is 17.8 Å². The Morgan fingerprint density at radius 2 is 2.00 bits per heavy atom. The van der Waals surface area contributed by atoms with Crippen LogP contribution in [0.15, 0.2) is 24.3 Å². The molecule has 3 atom stereocenters. The van der Waals surface area contributed by atoms with Gasteiger partial charge in [0, 0.05) is 22.3 Å². The van der Waals surface area contributed by atoms with E-state index in [1.54, 1.807) is 24.3 Å². The van der Waals surface area contributed by atoms with Crippen LogP contribution in [0.4, 0.5) is 4.39 Å². The standard InChI is InChI=1S/C24H28FN3O4/c1-5-15-19(27-24(30)22(15)25)13-32-20-9-8-14(7-6-10-28(2)3)16-11-18(23(26)29)21(31-4)12-17(16)20/h8-9,11-12,15,19,22H,5,10,13H2,1-4H3,(H2,26,29)(H,27,30)/t15-,19+,22-/m0/s1. The average Bonchev–Trinajstić information content (AvgIpc) is 3.04. The highest BCUT2D eigenvalue weighted by Gasteiger charge is 2.41. The molecule has 32 heavy (non-hydrogen) atoms. The van der Waals surface area contributed by atoms with Crippen LogP contribution in [0.3, 0.4) is 0 Å².